The standard InChI is InChI=1S/C20H17FN6O2S/c1-10-6-14(27-30)8-16-18(10)19(23-9-22-16)24-15-5-4-13(21)7-17(15)28-11(2)20-26-25-12(3)29-20/h4-9,11H,1-3H3,(H,22,23,24). The Labute approximate surface area is 176 Å². The van der Waals surface area contributed by atoms with Gasteiger partial charge in [-0.15, -0.1) is 10.2 Å². The molecule has 152 valence electrons. The number of benzene rings is 2. The molecule has 0 spiro atoms. The first-order chi connectivity index (χ1) is 14.4. The smallest absolute Gasteiger partial charge is 0.256 e. The fraction of sp³-hybridized carbons (Fsp3) is 0.200. The highest BCUT2D eigenvalue weighted by Gasteiger charge is 2.18. The van der Waals surface area contributed by atoms with Crippen LogP contribution in [-0.2, 0) is 12.4 Å². The van der Waals surface area contributed by atoms with Crippen molar-refractivity contribution in [3.63, 3.8) is 0 Å². The molecule has 0 saturated heterocycles. The Morgan fingerprint density at radius 3 is 2.73 bits per heavy atom. The molecule has 1 unspecified atom stereocenters. The van der Waals surface area contributed by atoms with Crippen LogP contribution in [-0.4, -0.2) is 20.2 Å². The molecular formula is C20H17FN6O2S. The van der Waals surface area contributed by atoms with Crippen molar-refractivity contribution < 1.29 is 13.5 Å². The molecule has 1 atom stereocenters. The van der Waals surface area contributed by atoms with E-state index in [1.807, 2.05) is 13.0 Å². The normalized spacial score (nSPS) is 12.0. The topological polar surface area (TPSA) is 98.3 Å². The fourth-order valence-electron chi connectivity index (χ4n) is 3.06. The summed E-state index contributed by atoms with van der Waals surface area (Å²) in [5, 5.41) is 11.8. The minimum atomic E-state index is -0.575. The Hall–Kier alpha value is -3.53. The van der Waals surface area contributed by atoms with E-state index < -0.39 is 11.9 Å². The lowest BCUT2D eigenvalue weighted by molar-refractivity contribution is 0.187. The highest BCUT2D eigenvalue weighted by molar-refractivity contribution is 7.47. The third kappa shape index (κ3) is 3.94. The van der Waals surface area contributed by atoms with E-state index in [0.29, 0.717) is 34.5 Å². The first-order valence-electron chi connectivity index (χ1n) is 9.06. The first kappa shape index (κ1) is 19.8. The van der Waals surface area contributed by atoms with Crippen molar-refractivity contribution in [1.29, 1.82) is 0 Å². The number of rotatable bonds is 6. The van der Waals surface area contributed by atoms with Gasteiger partial charge in [-0.05, 0) is 43.7 Å². The Bertz CT molecular complexity index is 1250. The van der Waals surface area contributed by atoms with Gasteiger partial charge in [-0.2, -0.15) is 4.36 Å². The van der Waals surface area contributed by atoms with Crippen LogP contribution >= 0.6 is 0 Å². The van der Waals surface area contributed by atoms with E-state index in [4.69, 9.17) is 21.6 Å². The number of hydrogen-bond acceptors (Lipinski definition) is 9. The van der Waals surface area contributed by atoms with Gasteiger partial charge in [0.2, 0.25) is 5.89 Å². The summed E-state index contributed by atoms with van der Waals surface area (Å²) < 4.78 is 29.0. The monoisotopic (exact) mass is 424 g/mol. The SMILES string of the molecule is Cc1nnc(C(C)Oc2cc(F)ccc2Nc2ncnc3cc(N=S)cc(C)c23)o1. The summed E-state index contributed by atoms with van der Waals surface area (Å²) in [6.07, 6.45) is 0.860. The second-order valence-corrected chi connectivity index (χ2v) is 6.84. The third-order valence-electron chi connectivity index (χ3n) is 4.42. The van der Waals surface area contributed by atoms with Crippen molar-refractivity contribution >= 4 is 40.5 Å². The van der Waals surface area contributed by atoms with Crippen molar-refractivity contribution in [2.75, 3.05) is 5.32 Å². The highest BCUT2D eigenvalue weighted by Crippen LogP contribution is 2.35. The summed E-state index contributed by atoms with van der Waals surface area (Å²) in [5.74, 6) is 1.10. The lowest BCUT2D eigenvalue weighted by Crippen LogP contribution is -2.06. The van der Waals surface area contributed by atoms with E-state index in [1.165, 1.54) is 18.5 Å². The van der Waals surface area contributed by atoms with E-state index in [1.54, 1.807) is 26.0 Å². The molecule has 0 fully saturated rings. The molecule has 30 heavy (non-hydrogen) atoms. The molecule has 8 nitrogen and oxygen atoms in total. The predicted molar refractivity (Wildman–Crippen MR) is 111 cm³/mol. The van der Waals surface area contributed by atoms with Crippen LogP contribution in [0.4, 0.5) is 21.6 Å². The maximum absolute atomic E-state index is 13.9. The zero-order valence-electron chi connectivity index (χ0n) is 16.4. The molecular weight excluding hydrogens is 407 g/mol. The minimum absolute atomic E-state index is 0.278. The maximum Gasteiger partial charge on any atom is 0.256 e. The highest BCUT2D eigenvalue weighted by atomic mass is 32.1. The van der Waals surface area contributed by atoms with E-state index in [-0.39, 0.29) is 5.75 Å². The molecule has 0 aliphatic carbocycles. The Morgan fingerprint density at radius 2 is 2.00 bits per heavy atom. The zero-order chi connectivity index (χ0) is 21.3. The van der Waals surface area contributed by atoms with Gasteiger partial charge in [0, 0.05) is 30.8 Å². The Kier molecular flexibility index (Phi) is 5.32. The molecule has 0 aliphatic heterocycles. The lowest BCUT2D eigenvalue weighted by Gasteiger charge is -2.17. The number of anilines is 2. The predicted octanol–water partition coefficient (Wildman–Crippen LogP) is 5.01. The number of nitrogens with zero attached hydrogens (tertiary/aromatic N) is 5. The summed E-state index contributed by atoms with van der Waals surface area (Å²) in [4.78, 5) is 8.66. The van der Waals surface area contributed by atoms with E-state index in [9.17, 15) is 4.39 Å². The summed E-state index contributed by atoms with van der Waals surface area (Å²) in [6, 6.07) is 7.83. The molecule has 1 N–H and O–H groups in total. The summed E-state index contributed by atoms with van der Waals surface area (Å²) in [7, 11) is 0. The zero-order valence-corrected chi connectivity index (χ0v) is 17.2. The summed E-state index contributed by atoms with van der Waals surface area (Å²) >= 11 is 4.79. The maximum atomic E-state index is 13.9. The van der Waals surface area contributed by atoms with Gasteiger partial charge >= 0.3 is 0 Å². The molecule has 4 aromatic rings. The minimum Gasteiger partial charge on any atom is -0.479 e. The average molecular weight is 424 g/mol. The number of aromatic nitrogens is 4. The lowest BCUT2D eigenvalue weighted by atomic mass is 10.1. The van der Waals surface area contributed by atoms with Crippen molar-refractivity contribution in [2.24, 2.45) is 4.36 Å². The molecule has 2 aromatic carbocycles. The van der Waals surface area contributed by atoms with Crippen LogP contribution < -0.4 is 10.1 Å². The van der Waals surface area contributed by atoms with Crippen LogP contribution in [0.15, 0.2) is 45.4 Å². The Morgan fingerprint density at radius 1 is 1.17 bits per heavy atom. The van der Waals surface area contributed by atoms with Crippen LogP contribution in [0.3, 0.4) is 0 Å². The largest absolute Gasteiger partial charge is 0.479 e. The third-order valence-corrected chi connectivity index (χ3v) is 4.63. The summed E-state index contributed by atoms with van der Waals surface area (Å²) in [6.45, 7) is 5.35. The number of halogens is 1. The van der Waals surface area contributed by atoms with Gasteiger partial charge in [-0.25, -0.2) is 14.4 Å². The molecule has 4 rings (SSSR count). The molecule has 0 saturated carbocycles. The van der Waals surface area contributed by atoms with E-state index in [2.05, 4.69) is 29.8 Å². The molecule has 0 amide bonds. The van der Waals surface area contributed by atoms with Gasteiger partial charge < -0.3 is 14.5 Å². The van der Waals surface area contributed by atoms with Gasteiger partial charge in [-0.3, -0.25) is 0 Å². The molecule has 0 aliphatic rings. The molecule has 2 aromatic heterocycles. The van der Waals surface area contributed by atoms with Gasteiger partial charge in [0.05, 0.1) is 16.9 Å². The van der Waals surface area contributed by atoms with Crippen molar-refractivity contribution in [3.05, 3.63) is 59.8 Å². The fourth-order valence-corrected chi connectivity index (χ4v) is 3.17. The van der Waals surface area contributed by atoms with Gasteiger partial charge in [0.1, 0.15) is 23.7 Å². The molecule has 10 heteroatoms. The Balaban J connectivity index is 1.71. The first-order valence-corrected chi connectivity index (χ1v) is 9.43. The number of ether oxygens (including phenoxy) is 1. The van der Waals surface area contributed by atoms with Crippen molar-refractivity contribution in [2.45, 2.75) is 26.9 Å². The van der Waals surface area contributed by atoms with E-state index >= 15 is 0 Å². The quantitative estimate of drug-likeness (QED) is 0.461. The molecule has 0 bridgehead atoms. The van der Waals surface area contributed by atoms with Gasteiger partial charge in [0.15, 0.2) is 6.10 Å². The van der Waals surface area contributed by atoms with Crippen LogP contribution in [0, 0.1) is 19.7 Å². The second-order valence-electron chi connectivity index (χ2n) is 6.66. The van der Waals surface area contributed by atoms with Crippen LogP contribution in [0.2, 0.25) is 0 Å². The summed E-state index contributed by atoms with van der Waals surface area (Å²) in [5.41, 5.74) is 2.76. The van der Waals surface area contributed by atoms with Crippen LogP contribution in [0.1, 0.15) is 30.4 Å². The van der Waals surface area contributed by atoms with Crippen molar-refractivity contribution in [3.8, 4) is 5.75 Å². The number of fused-ring (bicyclic) bond motifs is 1. The van der Waals surface area contributed by atoms with Crippen LogP contribution in [0.25, 0.3) is 10.9 Å². The number of aryl methyl sites for hydroxylation is 2. The van der Waals surface area contributed by atoms with Gasteiger partial charge in [-0.1, -0.05) is 0 Å². The average Bonchev–Trinajstić information content (AvgIpc) is 3.16. The molecule has 0 radical (unpaired) electrons. The number of hydrogen-bond donors (Lipinski definition) is 1. The molecule has 2 heterocycles. The van der Waals surface area contributed by atoms with Gasteiger partial charge in [0.25, 0.3) is 5.89 Å². The second kappa shape index (κ2) is 8.07. The van der Waals surface area contributed by atoms with Crippen LogP contribution in [0.5, 0.6) is 5.75 Å². The van der Waals surface area contributed by atoms with E-state index in [0.717, 1.165) is 10.9 Å². The van der Waals surface area contributed by atoms with Crippen molar-refractivity contribution in [1.82, 2.24) is 20.2 Å². The number of nitrogens with one attached hydrogen (secondary N) is 1.